The average molecular weight is 268 g/mol. The summed E-state index contributed by atoms with van der Waals surface area (Å²) >= 11 is 0. The first-order valence-corrected chi connectivity index (χ1v) is 5.88. The summed E-state index contributed by atoms with van der Waals surface area (Å²) in [5.41, 5.74) is 1.11. The molecule has 0 saturated heterocycles. The molecule has 2 aromatic rings. The van der Waals surface area contributed by atoms with E-state index in [1.54, 1.807) is 18.2 Å². The number of nitrogens with one attached hydrogen (secondary N) is 1. The van der Waals surface area contributed by atoms with Crippen LogP contribution in [0, 0.1) is 0 Å². The Labute approximate surface area is 108 Å². The molecule has 102 valence electrons. The number of carbonyl (C=O) groups is 1. The number of H-pyrrole nitrogens is 1. The van der Waals surface area contributed by atoms with Gasteiger partial charge in [0.05, 0.1) is 18.7 Å². The summed E-state index contributed by atoms with van der Waals surface area (Å²) < 4.78 is 24.9. The number of fused-ring (bicyclic) bond motifs is 1. The maximum Gasteiger partial charge on any atom is 0.256 e. The van der Waals surface area contributed by atoms with Gasteiger partial charge in [0.25, 0.3) is 12.3 Å². The summed E-state index contributed by atoms with van der Waals surface area (Å²) in [6.45, 7) is -1.14. The van der Waals surface area contributed by atoms with Gasteiger partial charge in [0.1, 0.15) is 0 Å². The molecule has 0 aliphatic carbocycles. The Bertz CT molecular complexity index is 569. The van der Waals surface area contributed by atoms with Crippen LogP contribution >= 0.6 is 0 Å². The van der Waals surface area contributed by atoms with Gasteiger partial charge in [-0.25, -0.2) is 8.78 Å². The number of hydrogen-bond donors (Lipinski definition) is 2. The Hall–Kier alpha value is -1.95. The van der Waals surface area contributed by atoms with Crippen LogP contribution < -0.4 is 0 Å². The Balaban J connectivity index is 2.30. The summed E-state index contributed by atoms with van der Waals surface area (Å²) in [6, 6.07) is 7.14. The van der Waals surface area contributed by atoms with E-state index in [-0.39, 0.29) is 13.2 Å². The fourth-order valence-electron chi connectivity index (χ4n) is 1.98. The largest absolute Gasteiger partial charge is 0.395 e. The van der Waals surface area contributed by atoms with E-state index >= 15 is 0 Å². The van der Waals surface area contributed by atoms with Crippen LogP contribution in [0.5, 0.6) is 0 Å². The lowest BCUT2D eigenvalue weighted by Crippen LogP contribution is -2.37. The summed E-state index contributed by atoms with van der Waals surface area (Å²) in [4.78, 5) is 16.1. The van der Waals surface area contributed by atoms with Gasteiger partial charge in [-0.05, 0) is 6.07 Å². The number of para-hydroxylation sites is 1. The third-order valence-electron chi connectivity index (χ3n) is 2.84. The number of alkyl halides is 2. The van der Waals surface area contributed by atoms with Crippen LogP contribution in [0.4, 0.5) is 8.78 Å². The minimum Gasteiger partial charge on any atom is -0.395 e. The quantitative estimate of drug-likeness (QED) is 0.869. The Morgan fingerprint density at radius 2 is 2.11 bits per heavy atom. The van der Waals surface area contributed by atoms with Gasteiger partial charge < -0.3 is 15.0 Å². The third kappa shape index (κ3) is 2.90. The summed E-state index contributed by atoms with van der Waals surface area (Å²) in [5, 5.41) is 9.55. The second-order valence-corrected chi connectivity index (χ2v) is 4.11. The van der Waals surface area contributed by atoms with E-state index in [9.17, 15) is 13.6 Å². The number of nitrogens with zero attached hydrogens (tertiary/aromatic N) is 1. The number of halogens is 2. The van der Waals surface area contributed by atoms with Crippen molar-refractivity contribution < 1.29 is 18.7 Å². The first-order valence-electron chi connectivity index (χ1n) is 5.88. The number of hydrogen-bond acceptors (Lipinski definition) is 2. The number of rotatable bonds is 5. The molecule has 4 nitrogen and oxygen atoms in total. The van der Waals surface area contributed by atoms with E-state index < -0.39 is 18.9 Å². The average Bonchev–Trinajstić information content (AvgIpc) is 2.80. The van der Waals surface area contributed by atoms with Gasteiger partial charge >= 0.3 is 0 Å². The first-order chi connectivity index (χ1) is 9.13. The van der Waals surface area contributed by atoms with E-state index in [1.165, 1.54) is 6.20 Å². The summed E-state index contributed by atoms with van der Waals surface area (Å²) in [7, 11) is 0. The molecular formula is C13H14F2N2O2. The number of aliphatic hydroxyl groups is 1. The summed E-state index contributed by atoms with van der Waals surface area (Å²) in [6.07, 6.45) is -1.12. The molecule has 1 aromatic heterocycles. The number of aromatic nitrogens is 1. The summed E-state index contributed by atoms with van der Waals surface area (Å²) in [5.74, 6) is -0.508. The molecule has 0 saturated carbocycles. The molecule has 0 aliphatic rings. The molecule has 0 radical (unpaired) electrons. The first kappa shape index (κ1) is 13.5. The highest BCUT2D eigenvalue weighted by atomic mass is 19.3. The number of benzene rings is 1. The zero-order chi connectivity index (χ0) is 13.8. The van der Waals surface area contributed by atoms with Gasteiger partial charge in [-0.1, -0.05) is 18.2 Å². The molecule has 19 heavy (non-hydrogen) atoms. The van der Waals surface area contributed by atoms with Crippen molar-refractivity contribution in [3.63, 3.8) is 0 Å². The molecule has 0 spiro atoms. The van der Waals surface area contributed by atoms with Crippen LogP contribution in [-0.4, -0.2) is 47.0 Å². The maximum absolute atomic E-state index is 12.4. The van der Waals surface area contributed by atoms with Crippen molar-refractivity contribution in [1.82, 2.24) is 9.88 Å². The van der Waals surface area contributed by atoms with Crippen molar-refractivity contribution >= 4 is 16.8 Å². The molecule has 1 aromatic carbocycles. The van der Waals surface area contributed by atoms with Gasteiger partial charge in [-0.3, -0.25) is 4.79 Å². The van der Waals surface area contributed by atoms with E-state index in [1.807, 2.05) is 6.07 Å². The molecule has 1 heterocycles. The van der Waals surface area contributed by atoms with E-state index in [0.29, 0.717) is 10.9 Å². The Morgan fingerprint density at radius 1 is 1.37 bits per heavy atom. The minimum atomic E-state index is -2.62. The molecule has 0 fully saturated rings. The number of carbonyl (C=O) groups excluding carboxylic acids is 1. The van der Waals surface area contributed by atoms with Crippen molar-refractivity contribution in [3.8, 4) is 0 Å². The van der Waals surface area contributed by atoms with Crippen LogP contribution in [0.1, 0.15) is 10.4 Å². The van der Waals surface area contributed by atoms with Crippen molar-refractivity contribution in [3.05, 3.63) is 36.0 Å². The standard InChI is InChI=1S/C13H14F2N2O2/c14-12(15)8-17(5-6-18)13(19)10-7-16-11-4-2-1-3-9(10)11/h1-4,7,12,16,18H,5-6,8H2. The van der Waals surface area contributed by atoms with Crippen LogP contribution in [0.25, 0.3) is 10.9 Å². The highest BCUT2D eigenvalue weighted by Crippen LogP contribution is 2.19. The van der Waals surface area contributed by atoms with Crippen molar-refractivity contribution in [2.75, 3.05) is 19.7 Å². The van der Waals surface area contributed by atoms with E-state index in [2.05, 4.69) is 4.98 Å². The lowest BCUT2D eigenvalue weighted by Gasteiger charge is -2.20. The van der Waals surface area contributed by atoms with Gasteiger partial charge in [-0.15, -0.1) is 0 Å². The number of aliphatic hydroxyl groups excluding tert-OH is 1. The smallest absolute Gasteiger partial charge is 0.256 e. The van der Waals surface area contributed by atoms with Crippen LogP contribution in [0.15, 0.2) is 30.5 Å². The molecule has 0 atom stereocenters. The fraction of sp³-hybridized carbons (Fsp3) is 0.308. The van der Waals surface area contributed by atoms with Gasteiger partial charge in [0.15, 0.2) is 0 Å². The topological polar surface area (TPSA) is 56.3 Å². The SMILES string of the molecule is O=C(c1c[nH]c2ccccc12)N(CCO)CC(F)F. The van der Waals surface area contributed by atoms with E-state index in [4.69, 9.17) is 5.11 Å². The highest BCUT2D eigenvalue weighted by Gasteiger charge is 2.21. The van der Waals surface area contributed by atoms with Crippen molar-refractivity contribution in [2.24, 2.45) is 0 Å². The molecule has 0 bridgehead atoms. The highest BCUT2D eigenvalue weighted by molar-refractivity contribution is 6.06. The number of aromatic amines is 1. The normalized spacial score (nSPS) is 11.2. The van der Waals surface area contributed by atoms with Gasteiger partial charge in [0.2, 0.25) is 0 Å². The van der Waals surface area contributed by atoms with Crippen LogP contribution in [-0.2, 0) is 0 Å². The fourth-order valence-corrected chi connectivity index (χ4v) is 1.98. The van der Waals surface area contributed by atoms with Crippen LogP contribution in [0.2, 0.25) is 0 Å². The van der Waals surface area contributed by atoms with E-state index in [0.717, 1.165) is 10.4 Å². The molecule has 2 rings (SSSR count). The zero-order valence-corrected chi connectivity index (χ0v) is 10.1. The molecule has 1 amide bonds. The number of amides is 1. The molecule has 0 unspecified atom stereocenters. The predicted octanol–water partition coefficient (Wildman–Crippen LogP) is 1.87. The molecule has 6 heteroatoms. The molecule has 0 aliphatic heterocycles. The lowest BCUT2D eigenvalue weighted by molar-refractivity contribution is 0.0511. The monoisotopic (exact) mass is 268 g/mol. The third-order valence-corrected chi connectivity index (χ3v) is 2.84. The second kappa shape index (κ2) is 5.79. The van der Waals surface area contributed by atoms with Crippen molar-refractivity contribution in [1.29, 1.82) is 0 Å². The van der Waals surface area contributed by atoms with Crippen molar-refractivity contribution in [2.45, 2.75) is 6.43 Å². The Kier molecular flexibility index (Phi) is 4.11. The van der Waals surface area contributed by atoms with Crippen LogP contribution in [0.3, 0.4) is 0 Å². The molecule has 2 N–H and O–H groups in total. The Morgan fingerprint density at radius 3 is 2.79 bits per heavy atom. The lowest BCUT2D eigenvalue weighted by atomic mass is 10.1. The zero-order valence-electron chi connectivity index (χ0n) is 10.1. The predicted molar refractivity (Wildman–Crippen MR) is 67.3 cm³/mol. The maximum atomic E-state index is 12.4. The van der Waals surface area contributed by atoms with Gasteiger partial charge in [0, 0.05) is 23.6 Å². The molecular weight excluding hydrogens is 254 g/mol. The second-order valence-electron chi connectivity index (χ2n) is 4.11. The minimum absolute atomic E-state index is 0.108. The van der Waals surface area contributed by atoms with Gasteiger partial charge in [-0.2, -0.15) is 0 Å².